The van der Waals surface area contributed by atoms with Gasteiger partial charge in [-0.15, -0.1) is 0 Å². The van der Waals surface area contributed by atoms with Crippen LogP contribution >= 0.6 is 0 Å². The molecular weight excluding hydrogens is 386 g/mol. The van der Waals surface area contributed by atoms with E-state index >= 15 is 0 Å². The van der Waals surface area contributed by atoms with Crippen LogP contribution in [-0.2, 0) is 11.2 Å². The second-order valence-electron chi connectivity index (χ2n) is 5.87. The number of nitrogens with one attached hydrogen (secondary N) is 2. The second kappa shape index (κ2) is 10.8. The lowest BCUT2D eigenvalue weighted by Gasteiger charge is -2.10. The molecule has 0 fully saturated rings. The summed E-state index contributed by atoms with van der Waals surface area (Å²) < 4.78 is 38.8. The van der Waals surface area contributed by atoms with Crippen molar-refractivity contribution in [2.45, 2.75) is 13.0 Å². The number of hydrogen-bond acceptors (Lipinski definition) is 5. The Bertz CT molecular complexity index is 828. The van der Waals surface area contributed by atoms with E-state index in [1.165, 1.54) is 32.4 Å². The third-order valence-corrected chi connectivity index (χ3v) is 3.94. The first-order chi connectivity index (χ1) is 13.9. The van der Waals surface area contributed by atoms with Gasteiger partial charge in [0.2, 0.25) is 5.91 Å². The molecule has 0 aliphatic heterocycles. The Kier molecular flexibility index (Phi) is 8.20. The lowest BCUT2D eigenvalue weighted by Crippen LogP contribution is -2.37. The molecule has 156 valence electrons. The summed E-state index contributed by atoms with van der Waals surface area (Å²) in [6.45, 7) is -2.72. The number of halogens is 2. The molecule has 0 aliphatic carbocycles. The van der Waals surface area contributed by atoms with Crippen molar-refractivity contribution in [3.05, 3.63) is 53.6 Å². The molecule has 7 nitrogen and oxygen atoms in total. The zero-order valence-corrected chi connectivity index (χ0v) is 16.0. The summed E-state index contributed by atoms with van der Waals surface area (Å²) in [7, 11) is 2.96. The van der Waals surface area contributed by atoms with Gasteiger partial charge in [-0.25, -0.2) is 0 Å². The maximum atomic E-state index is 12.2. The van der Waals surface area contributed by atoms with Crippen LogP contribution < -0.4 is 24.8 Å². The first kappa shape index (κ1) is 21.9. The zero-order chi connectivity index (χ0) is 21.2. The molecule has 0 heterocycles. The Morgan fingerprint density at radius 3 is 2.28 bits per heavy atom. The number of methoxy groups -OCH3 is 2. The Labute approximate surface area is 167 Å². The lowest BCUT2D eigenvalue weighted by atomic mass is 10.1. The molecule has 0 atom stereocenters. The van der Waals surface area contributed by atoms with Crippen molar-refractivity contribution in [2.75, 3.05) is 27.3 Å². The fourth-order valence-electron chi connectivity index (χ4n) is 2.49. The summed E-state index contributed by atoms with van der Waals surface area (Å²) in [4.78, 5) is 24.1. The van der Waals surface area contributed by atoms with E-state index in [0.717, 1.165) is 5.56 Å². The number of carbonyl (C=O) groups is 2. The number of hydrogen-bond donors (Lipinski definition) is 2. The third kappa shape index (κ3) is 6.95. The Balaban J connectivity index is 1.75. The molecule has 0 bridgehead atoms. The average molecular weight is 408 g/mol. The SMILES string of the molecule is COc1ccc(C(=O)NCC(=O)NCCc2ccc(OC(F)F)cc2)cc1OC. The van der Waals surface area contributed by atoms with E-state index in [4.69, 9.17) is 9.47 Å². The number of carbonyl (C=O) groups excluding carboxylic acids is 2. The highest BCUT2D eigenvalue weighted by atomic mass is 19.3. The predicted octanol–water partition coefficient (Wildman–Crippen LogP) is 2.39. The van der Waals surface area contributed by atoms with Gasteiger partial charge in [-0.3, -0.25) is 9.59 Å². The van der Waals surface area contributed by atoms with E-state index in [2.05, 4.69) is 15.4 Å². The molecule has 0 saturated heterocycles. The van der Waals surface area contributed by atoms with Crippen molar-refractivity contribution in [3.8, 4) is 17.2 Å². The molecule has 2 rings (SSSR count). The molecule has 2 N–H and O–H groups in total. The molecule has 9 heteroatoms. The van der Waals surface area contributed by atoms with E-state index in [1.807, 2.05) is 0 Å². The first-order valence-corrected chi connectivity index (χ1v) is 8.73. The maximum Gasteiger partial charge on any atom is 0.387 e. The molecule has 2 aromatic rings. The highest BCUT2D eigenvalue weighted by molar-refractivity contribution is 5.97. The first-order valence-electron chi connectivity index (χ1n) is 8.73. The minimum absolute atomic E-state index is 0.0747. The van der Waals surface area contributed by atoms with Gasteiger partial charge < -0.3 is 24.8 Å². The molecule has 0 unspecified atom stereocenters. The highest BCUT2D eigenvalue weighted by Crippen LogP contribution is 2.27. The van der Waals surface area contributed by atoms with Gasteiger partial charge in [0.1, 0.15) is 5.75 Å². The van der Waals surface area contributed by atoms with Crippen molar-refractivity contribution < 1.29 is 32.6 Å². The van der Waals surface area contributed by atoms with Crippen LogP contribution in [0, 0.1) is 0 Å². The fraction of sp³-hybridized carbons (Fsp3) is 0.300. The van der Waals surface area contributed by atoms with Crippen LogP contribution in [0.15, 0.2) is 42.5 Å². The Hall–Kier alpha value is -3.36. The van der Waals surface area contributed by atoms with Gasteiger partial charge in [0.15, 0.2) is 11.5 Å². The van der Waals surface area contributed by atoms with Gasteiger partial charge >= 0.3 is 6.61 Å². The smallest absolute Gasteiger partial charge is 0.387 e. The highest BCUT2D eigenvalue weighted by Gasteiger charge is 2.12. The van der Waals surface area contributed by atoms with Crippen molar-refractivity contribution in [3.63, 3.8) is 0 Å². The summed E-state index contributed by atoms with van der Waals surface area (Å²) in [6, 6.07) is 10.8. The van der Waals surface area contributed by atoms with Crippen LogP contribution in [0.1, 0.15) is 15.9 Å². The minimum Gasteiger partial charge on any atom is -0.493 e. The number of rotatable bonds is 10. The van der Waals surface area contributed by atoms with Crippen molar-refractivity contribution in [1.29, 1.82) is 0 Å². The van der Waals surface area contributed by atoms with E-state index in [0.29, 0.717) is 30.0 Å². The molecule has 29 heavy (non-hydrogen) atoms. The molecule has 0 spiro atoms. The van der Waals surface area contributed by atoms with Crippen molar-refractivity contribution >= 4 is 11.8 Å². The summed E-state index contributed by atoms with van der Waals surface area (Å²) in [5.41, 5.74) is 1.18. The molecule has 2 aromatic carbocycles. The number of amides is 2. The number of alkyl halides is 2. The Morgan fingerprint density at radius 2 is 1.66 bits per heavy atom. The van der Waals surface area contributed by atoms with Crippen LogP contribution in [-0.4, -0.2) is 45.7 Å². The Morgan fingerprint density at radius 1 is 0.966 bits per heavy atom. The van der Waals surface area contributed by atoms with Gasteiger partial charge in [0, 0.05) is 12.1 Å². The van der Waals surface area contributed by atoms with E-state index in [1.54, 1.807) is 24.3 Å². The molecular formula is C20H22F2N2O5. The van der Waals surface area contributed by atoms with E-state index in [-0.39, 0.29) is 18.2 Å². The van der Waals surface area contributed by atoms with Crippen LogP contribution in [0.25, 0.3) is 0 Å². The summed E-state index contributed by atoms with van der Waals surface area (Å²) in [6.07, 6.45) is 0.504. The lowest BCUT2D eigenvalue weighted by molar-refractivity contribution is -0.120. The molecule has 0 aliphatic rings. The average Bonchev–Trinajstić information content (AvgIpc) is 2.72. The van der Waals surface area contributed by atoms with Gasteiger partial charge in [-0.2, -0.15) is 8.78 Å². The largest absolute Gasteiger partial charge is 0.493 e. The number of ether oxygens (including phenoxy) is 3. The number of benzene rings is 2. The van der Waals surface area contributed by atoms with Gasteiger partial charge in [0.05, 0.1) is 20.8 Å². The quantitative estimate of drug-likeness (QED) is 0.631. The normalized spacial score (nSPS) is 10.4. The predicted molar refractivity (Wildman–Crippen MR) is 102 cm³/mol. The maximum absolute atomic E-state index is 12.2. The van der Waals surface area contributed by atoms with Gasteiger partial charge in [0.25, 0.3) is 5.91 Å². The monoisotopic (exact) mass is 408 g/mol. The summed E-state index contributed by atoms with van der Waals surface area (Å²) in [5.74, 6) is 0.211. The molecule has 0 saturated carbocycles. The topological polar surface area (TPSA) is 85.9 Å². The fourth-order valence-corrected chi connectivity index (χ4v) is 2.49. The zero-order valence-electron chi connectivity index (χ0n) is 16.0. The minimum atomic E-state index is -2.87. The van der Waals surface area contributed by atoms with Gasteiger partial charge in [-0.05, 0) is 42.3 Å². The van der Waals surface area contributed by atoms with E-state index < -0.39 is 12.5 Å². The second-order valence-corrected chi connectivity index (χ2v) is 5.87. The molecule has 0 aromatic heterocycles. The van der Waals surface area contributed by atoms with Crippen molar-refractivity contribution in [1.82, 2.24) is 10.6 Å². The summed E-state index contributed by atoms with van der Waals surface area (Å²) in [5, 5.41) is 5.20. The van der Waals surface area contributed by atoms with E-state index in [9.17, 15) is 18.4 Å². The standard InChI is InChI=1S/C20H22F2N2O5/c1-27-16-8-5-14(11-17(16)28-2)19(26)24-12-18(25)23-10-9-13-3-6-15(7-4-13)29-20(21)22/h3-8,11,20H,9-10,12H2,1-2H3,(H,23,25)(H,24,26). The van der Waals surface area contributed by atoms with Crippen LogP contribution in [0.4, 0.5) is 8.78 Å². The van der Waals surface area contributed by atoms with Crippen LogP contribution in [0.5, 0.6) is 17.2 Å². The van der Waals surface area contributed by atoms with Gasteiger partial charge in [-0.1, -0.05) is 12.1 Å². The van der Waals surface area contributed by atoms with Crippen LogP contribution in [0.2, 0.25) is 0 Å². The molecule has 2 amide bonds. The summed E-state index contributed by atoms with van der Waals surface area (Å²) >= 11 is 0. The van der Waals surface area contributed by atoms with Crippen molar-refractivity contribution in [2.24, 2.45) is 0 Å². The van der Waals surface area contributed by atoms with Crippen LogP contribution in [0.3, 0.4) is 0 Å². The molecule has 0 radical (unpaired) electrons. The third-order valence-electron chi connectivity index (χ3n) is 3.94.